The van der Waals surface area contributed by atoms with Crippen LogP contribution >= 0.6 is 11.3 Å². The highest BCUT2D eigenvalue weighted by Gasteiger charge is 2.31. The van der Waals surface area contributed by atoms with E-state index in [4.69, 9.17) is 0 Å². The van der Waals surface area contributed by atoms with Crippen molar-refractivity contribution in [1.82, 2.24) is 9.88 Å². The Bertz CT molecular complexity index is 468. The molecule has 2 aromatic heterocycles. The molecule has 2 heterocycles. The van der Waals surface area contributed by atoms with Gasteiger partial charge in [-0.25, -0.2) is 0 Å². The van der Waals surface area contributed by atoms with Crippen molar-refractivity contribution < 1.29 is 0 Å². The van der Waals surface area contributed by atoms with Gasteiger partial charge in [0.1, 0.15) is 0 Å². The Hall–Kier alpha value is -1.06. The molecule has 0 aliphatic heterocycles. The minimum Gasteiger partial charge on any atom is -0.349 e. The minimum absolute atomic E-state index is 0.555. The van der Waals surface area contributed by atoms with E-state index in [1.54, 1.807) is 0 Å². The smallest absolute Gasteiger partial charge is 0.0563 e. The molecule has 0 amide bonds. The SMILES string of the molecule is CNC(c1ccn(Cc2cccs2)c1)C1CC1. The number of rotatable bonds is 5. The predicted octanol–water partition coefficient (Wildman–Crippen LogP) is 3.27. The van der Waals surface area contributed by atoms with Crippen molar-refractivity contribution in [2.24, 2.45) is 5.92 Å². The van der Waals surface area contributed by atoms with Crippen LogP contribution in [0.4, 0.5) is 0 Å². The Morgan fingerprint density at radius 3 is 3.00 bits per heavy atom. The first kappa shape index (κ1) is 11.1. The Labute approximate surface area is 106 Å². The molecule has 1 aliphatic carbocycles. The van der Waals surface area contributed by atoms with E-state index in [1.165, 1.54) is 23.3 Å². The lowest BCUT2D eigenvalue weighted by Crippen LogP contribution is -2.17. The molecule has 1 saturated carbocycles. The molecule has 0 aromatic carbocycles. The summed E-state index contributed by atoms with van der Waals surface area (Å²) in [7, 11) is 2.07. The van der Waals surface area contributed by atoms with Gasteiger partial charge in [0, 0.05) is 23.3 Å². The van der Waals surface area contributed by atoms with Gasteiger partial charge in [-0.1, -0.05) is 6.07 Å². The van der Waals surface area contributed by atoms with E-state index < -0.39 is 0 Å². The molecule has 0 spiro atoms. The van der Waals surface area contributed by atoms with Crippen LogP contribution in [0.15, 0.2) is 36.0 Å². The van der Waals surface area contributed by atoms with Crippen molar-refractivity contribution in [1.29, 1.82) is 0 Å². The molecule has 3 heteroatoms. The molecule has 1 atom stereocenters. The molecule has 0 bridgehead atoms. The number of hydrogen-bond donors (Lipinski definition) is 1. The topological polar surface area (TPSA) is 17.0 Å². The van der Waals surface area contributed by atoms with Crippen LogP contribution in [0, 0.1) is 5.92 Å². The lowest BCUT2D eigenvalue weighted by molar-refractivity contribution is 0.528. The van der Waals surface area contributed by atoms with Gasteiger partial charge in [0.15, 0.2) is 0 Å². The lowest BCUT2D eigenvalue weighted by atomic mass is 10.1. The van der Waals surface area contributed by atoms with Crippen LogP contribution in [0.1, 0.15) is 29.3 Å². The van der Waals surface area contributed by atoms with Crippen molar-refractivity contribution in [3.05, 3.63) is 46.4 Å². The number of hydrogen-bond acceptors (Lipinski definition) is 2. The van der Waals surface area contributed by atoms with Gasteiger partial charge < -0.3 is 9.88 Å². The molecule has 3 rings (SSSR count). The maximum Gasteiger partial charge on any atom is 0.0563 e. The van der Waals surface area contributed by atoms with E-state index in [-0.39, 0.29) is 0 Å². The van der Waals surface area contributed by atoms with E-state index in [0.717, 1.165) is 12.5 Å². The highest BCUT2D eigenvalue weighted by Crippen LogP contribution is 2.40. The first-order chi connectivity index (χ1) is 8.36. The molecule has 1 N–H and O–H groups in total. The minimum atomic E-state index is 0.555. The standard InChI is InChI=1S/C14H18N2S/c1-15-14(11-4-5-11)12-6-7-16(9-12)10-13-3-2-8-17-13/h2-3,6-9,11,14-15H,4-5,10H2,1H3. The average Bonchev–Trinajstić information content (AvgIpc) is 2.86. The second kappa shape index (κ2) is 4.67. The molecule has 0 radical (unpaired) electrons. The fraction of sp³-hybridized carbons (Fsp3) is 0.429. The molecule has 0 saturated heterocycles. The third-order valence-electron chi connectivity index (χ3n) is 3.46. The first-order valence-corrected chi connectivity index (χ1v) is 7.10. The number of thiophene rings is 1. The van der Waals surface area contributed by atoms with Crippen LogP contribution in [-0.4, -0.2) is 11.6 Å². The van der Waals surface area contributed by atoms with Gasteiger partial charge in [0.05, 0.1) is 6.54 Å². The first-order valence-electron chi connectivity index (χ1n) is 6.22. The average molecular weight is 246 g/mol. The third kappa shape index (κ3) is 2.45. The fourth-order valence-corrected chi connectivity index (χ4v) is 3.14. The summed E-state index contributed by atoms with van der Waals surface area (Å²) < 4.78 is 2.29. The molecule has 90 valence electrons. The molecular weight excluding hydrogens is 228 g/mol. The zero-order valence-electron chi connectivity index (χ0n) is 10.1. The zero-order valence-corrected chi connectivity index (χ0v) is 10.9. The molecule has 1 fully saturated rings. The third-order valence-corrected chi connectivity index (χ3v) is 4.32. The normalized spacial score (nSPS) is 17.2. The van der Waals surface area contributed by atoms with Crippen LogP contribution in [0.25, 0.3) is 0 Å². The summed E-state index contributed by atoms with van der Waals surface area (Å²) in [5, 5.41) is 5.58. The van der Waals surface area contributed by atoms with Gasteiger partial charge in [-0.05, 0) is 48.9 Å². The number of aromatic nitrogens is 1. The molecule has 2 aromatic rings. The highest BCUT2D eigenvalue weighted by molar-refractivity contribution is 7.09. The Morgan fingerprint density at radius 1 is 1.47 bits per heavy atom. The Kier molecular flexibility index (Phi) is 3.04. The summed E-state index contributed by atoms with van der Waals surface area (Å²) in [4.78, 5) is 1.42. The van der Waals surface area contributed by atoms with Crippen molar-refractivity contribution in [3.63, 3.8) is 0 Å². The van der Waals surface area contributed by atoms with E-state index in [9.17, 15) is 0 Å². The highest BCUT2D eigenvalue weighted by atomic mass is 32.1. The summed E-state index contributed by atoms with van der Waals surface area (Å²) >= 11 is 1.82. The van der Waals surface area contributed by atoms with Gasteiger partial charge in [-0.2, -0.15) is 0 Å². The van der Waals surface area contributed by atoms with Crippen LogP contribution < -0.4 is 5.32 Å². The van der Waals surface area contributed by atoms with Gasteiger partial charge in [-0.15, -0.1) is 11.3 Å². The van der Waals surface area contributed by atoms with E-state index in [1.807, 2.05) is 11.3 Å². The van der Waals surface area contributed by atoms with Crippen molar-refractivity contribution >= 4 is 11.3 Å². The van der Waals surface area contributed by atoms with Crippen molar-refractivity contribution in [3.8, 4) is 0 Å². The van der Waals surface area contributed by atoms with Crippen LogP contribution in [0.5, 0.6) is 0 Å². The van der Waals surface area contributed by atoms with Crippen LogP contribution in [0.3, 0.4) is 0 Å². The predicted molar refractivity (Wildman–Crippen MR) is 72.4 cm³/mol. The maximum absolute atomic E-state index is 3.44. The quantitative estimate of drug-likeness (QED) is 0.857. The maximum atomic E-state index is 3.44. The molecule has 1 aliphatic rings. The second-order valence-corrected chi connectivity index (χ2v) is 5.83. The van der Waals surface area contributed by atoms with E-state index in [0.29, 0.717) is 6.04 Å². The summed E-state index contributed by atoms with van der Waals surface area (Å²) in [6.45, 7) is 0.999. The Morgan fingerprint density at radius 2 is 2.35 bits per heavy atom. The van der Waals surface area contributed by atoms with E-state index in [2.05, 4.69) is 52.9 Å². The second-order valence-electron chi connectivity index (χ2n) is 4.80. The van der Waals surface area contributed by atoms with Gasteiger partial charge in [0.2, 0.25) is 0 Å². The number of nitrogens with zero attached hydrogens (tertiary/aromatic N) is 1. The van der Waals surface area contributed by atoms with E-state index >= 15 is 0 Å². The van der Waals surface area contributed by atoms with Gasteiger partial charge in [0.25, 0.3) is 0 Å². The van der Waals surface area contributed by atoms with Crippen molar-refractivity contribution in [2.45, 2.75) is 25.4 Å². The molecular formula is C14H18N2S. The van der Waals surface area contributed by atoms with Gasteiger partial charge in [-0.3, -0.25) is 0 Å². The van der Waals surface area contributed by atoms with Crippen molar-refractivity contribution in [2.75, 3.05) is 7.05 Å². The molecule has 17 heavy (non-hydrogen) atoms. The summed E-state index contributed by atoms with van der Waals surface area (Å²) in [6.07, 6.45) is 7.24. The van der Waals surface area contributed by atoms with Crippen LogP contribution in [-0.2, 0) is 6.54 Å². The number of nitrogens with one attached hydrogen (secondary N) is 1. The summed E-state index contributed by atoms with van der Waals surface area (Å²) in [5.41, 5.74) is 1.44. The summed E-state index contributed by atoms with van der Waals surface area (Å²) in [5.74, 6) is 0.859. The largest absolute Gasteiger partial charge is 0.349 e. The monoisotopic (exact) mass is 246 g/mol. The summed E-state index contributed by atoms with van der Waals surface area (Å²) in [6, 6.07) is 7.12. The molecule has 1 unspecified atom stereocenters. The molecule has 2 nitrogen and oxygen atoms in total. The lowest BCUT2D eigenvalue weighted by Gasteiger charge is -2.13. The van der Waals surface area contributed by atoms with Crippen LogP contribution in [0.2, 0.25) is 0 Å². The fourth-order valence-electron chi connectivity index (χ4n) is 2.43. The van der Waals surface area contributed by atoms with Gasteiger partial charge >= 0.3 is 0 Å². The Balaban J connectivity index is 1.73. The zero-order chi connectivity index (χ0) is 11.7.